The Bertz CT molecular complexity index is 564. The Kier molecular flexibility index (Phi) is 5.05. The molecule has 0 unspecified atom stereocenters. The van der Waals surface area contributed by atoms with Gasteiger partial charge in [-0.25, -0.2) is 17.9 Å². The number of hydrogen-bond acceptors (Lipinski definition) is 4. The molecule has 0 heterocycles. The summed E-state index contributed by atoms with van der Waals surface area (Å²) in [6.45, 7) is 3.60. The second-order valence-electron chi connectivity index (χ2n) is 4.05. The maximum atomic E-state index is 11.8. The molecule has 1 aromatic carbocycles. The smallest absolute Gasteiger partial charge is 0.277 e. The molecule has 7 heteroatoms. The fourth-order valence-electron chi connectivity index (χ4n) is 1.34. The van der Waals surface area contributed by atoms with Crippen molar-refractivity contribution in [1.82, 2.24) is 10.0 Å². The lowest BCUT2D eigenvalue weighted by Gasteiger charge is -2.07. The van der Waals surface area contributed by atoms with Crippen molar-refractivity contribution >= 4 is 22.0 Å². The summed E-state index contributed by atoms with van der Waals surface area (Å²) in [6, 6.07) is 4.97. The third-order valence-electron chi connectivity index (χ3n) is 2.29. The number of imide groups is 1. The minimum Gasteiger partial charge on any atom is -0.277 e. The average molecular weight is 284 g/mol. The van der Waals surface area contributed by atoms with Crippen LogP contribution in [-0.4, -0.2) is 20.4 Å². The average Bonchev–Trinajstić information content (AvgIpc) is 2.28. The van der Waals surface area contributed by atoms with Crippen molar-refractivity contribution in [2.75, 3.05) is 0 Å². The van der Waals surface area contributed by atoms with Crippen LogP contribution < -0.4 is 10.0 Å². The molecule has 0 aliphatic carbocycles. The number of amides is 3. The van der Waals surface area contributed by atoms with E-state index in [9.17, 15) is 18.0 Å². The zero-order valence-electron chi connectivity index (χ0n) is 10.8. The summed E-state index contributed by atoms with van der Waals surface area (Å²) in [7, 11) is -3.95. The minimum atomic E-state index is -3.95. The summed E-state index contributed by atoms with van der Waals surface area (Å²) in [4.78, 5) is 22.5. The number of aryl methyl sites for hydroxylation is 1. The SMILES string of the molecule is CCCC(=O)NC(=O)NS(=O)(=O)c1ccc(C)cc1. The largest absolute Gasteiger partial charge is 0.335 e. The lowest BCUT2D eigenvalue weighted by atomic mass is 10.2. The van der Waals surface area contributed by atoms with Gasteiger partial charge < -0.3 is 0 Å². The van der Waals surface area contributed by atoms with E-state index in [1.807, 2.05) is 12.2 Å². The quantitative estimate of drug-likeness (QED) is 0.872. The molecule has 6 nitrogen and oxygen atoms in total. The zero-order valence-corrected chi connectivity index (χ0v) is 11.6. The van der Waals surface area contributed by atoms with Crippen molar-refractivity contribution in [2.45, 2.75) is 31.6 Å². The number of carbonyl (C=O) groups excluding carboxylic acids is 2. The Labute approximate surface area is 112 Å². The highest BCUT2D eigenvalue weighted by Gasteiger charge is 2.18. The van der Waals surface area contributed by atoms with Gasteiger partial charge in [0.1, 0.15) is 0 Å². The van der Waals surface area contributed by atoms with Crippen molar-refractivity contribution in [3.05, 3.63) is 29.8 Å². The van der Waals surface area contributed by atoms with Crippen LogP contribution in [0.25, 0.3) is 0 Å². The molecule has 0 radical (unpaired) electrons. The number of carbonyl (C=O) groups is 2. The van der Waals surface area contributed by atoms with Crippen molar-refractivity contribution in [1.29, 1.82) is 0 Å². The number of hydrogen-bond donors (Lipinski definition) is 2. The van der Waals surface area contributed by atoms with E-state index in [4.69, 9.17) is 0 Å². The molecule has 3 amide bonds. The van der Waals surface area contributed by atoms with E-state index < -0.39 is 22.0 Å². The van der Waals surface area contributed by atoms with E-state index in [-0.39, 0.29) is 11.3 Å². The van der Waals surface area contributed by atoms with Crippen molar-refractivity contribution in [3.63, 3.8) is 0 Å². The van der Waals surface area contributed by atoms with Crippen molar-refractivity contribution in [3.8, 4) is 0 Å². The fraction of sp³-hybridized carbons (Fsp3) is 0.333. The molecule has 1 aromatic rings. The summed E-state index contributed by atoms with van der Waals surface area (Å²) in [6.07, 6.45) is 0.738. The Balaban J connectivity index is 2.72. The van der Waals surface area contributed by atoms with Gasteiger partial charge in [-0.1, -0.05) is 24.6 Å². The molecule has 19 heavy (non-hydrogen) atoms. The second-order valence-corrected chi connectivity index (χ2v) is 5.73. The molecule has 0 bridgehead atoms. The van der Waals surface area contributed by atoms with Gasteiger partial charge in [0.25, 0.3) is 10.0 Å². The van der Waals surface area contributed by atoms with E-state index in [0.717, 1.165) is 5.56 Å². The van der Waals surface area contributed by atoms with E-state index in [2.05, 4.69) is 0 Å². The fourth-order valence-corrected chi connectivity index (χ4v) is 2.25. The molecular formula is C12H16N2O4S. The predicted molar refractivity (Wildman–Crippen MR) is 69.9 cm³/mol. The normalized spacial score (nSPS) is 10.8. The third-order valence-corrected chi connectivity index (χ3v) is 3.64. The van der Waals surface area contributed by atoms with Crippen LogP contribution in [-0.2, 0) is 14.8 Å². The van der Waals surface area contributed by atoms with Gasteiger partial charge in [-0.05, 0) is 25.5 Å². The Hall–Kier alpha value is -1.89. The molecule has 0 saturated heterocycles. The summed E-state index contributed by atoms with van der Waals surface area (Å²) >= 11 is 0. The van der Waals surface area contributed by atoms with E-state index in [1.54, 1.807) is 23.8 Å². The number of benzene rings is 1. The van der Waals surface area contributed by atoms with Crippen LogP contribution in [0.15, 0.2) is 29.2 Å². The van der Waals surface area contributed by atoms with Crippen LogP contribution in [0, 0.1) is 6.92 Å². The summed E-state index contributed by atoms with van der Waals surface area (Å²) in [5.74, 6) is -0.515. The van der Waals surface area contributed by atoms with Gasteiger partial charge in [-0.3, -0.25) is 10.1 Å². The molecule has 0 atom stereocenters. The minimum absolute atomic E-state index is 0.0313. The maximum absolute atomic E-state index is 11.8. The first-order chi connectivity index (χ1) is 8.85. The van der Waals surface area contributed by atoms with Gasteiger partial charge in [0.2, 0.25) is 5.91 Å². The van der Waals surface area contributed by atoms with Crippen LogP contribution >= 0.6 is 0 Å². The number of rotatable bonds is 4. The van der Waals surface area contributed by atoms with Gasteiger partial charge >= 0.3 is 6.03 Å². The van der Waals surface area contributed by atoms with Crippen LogP contribution in [0.4, 0.5) is 4.79 Å². The lowest BCUT2D eigenvalue weighted by molar-refractivity contribution is -0.120. The standard InChI is InChI=1S/C12H16N2O4S/c1-3-4-11(15)13-12(16)14-19(17,18)10-7-5-9(2)6-8-10/h5-8H,3-4H2,1-2H3,(H2,13,14,15,16). The molecule has 0 spiro atoms. The molecule has 0 aromatic heterocycles. The molecule has 0 aliphatic rings. The monoisotopic (exact) mass is 284 g/mol. The van der Waals surface area contributed by atoms with Crippen molar-refractivity contribution in [2.24, 2.45) is 0 Å². The van der Waals surface area contributed by atoms with Gasteiger partial charge in [-0.15, -0.1) is 0 Å². The molecule has 0 saturated carbocycles. The van der Waals surface area contributed by atoms with E-state index in [1.165, 1.54) is 12.1 Å². The van der Waals surface area contributed by atoms with Crippen LogP contribution in [0.2, 0.25) is 0 Å². The van der Waals surface area contributed by atoms with Gasteiger partial charge in [0, 0.05) is 6.42 Å². The Morgan fingerprint density at radius 1 is 1.16 bits per heavy atom. The molecular weight excluding hydrogens is 268 g/mol. The molecule has 0 aliphatic heterocycles. The summed E-state index contributed by atoms with van der Waals surface area (Å²) in [5, 5.41) is 1.95. The summed E-state index contributed by atoms with van der Waals surface area (Å²) in [5.41, 5.74) is 0.904. The number of nitrogens with one attached hydrogen (secondary N) is 2. The van der Waals surface area contributed by atoms with Crippen LogP contribution in [0.5, 0.6) is 0 Å². The zero-order chi connectivity index (χ0) is 14.5. The Morgan fingerprint density at radius 2 is 1.74 bits per heavy atom. The lowest BCUT2D eigenvalue weighted by Crippen LogP contribution is -2.42. The van der Waals surface area contributed by atoms with E-state index in [0.29, 0.717) is 6.42 Å². The predicted octanol–water partition coefficient (Wildman–Crippen LogP) is 1.31. The highest BCUT2D eigenvalue weighted by molar-refractivity contribution is 7.90. The van der Waals surface area contributed by atoms with Gasteiger partial charge in [0.15, 0.2) is 0 Å². The van der Waals surface area contributed by atoms with Crippen LogP contribution in [0.1, 0.15) is 25.3 Å². The van der Waals surface area contributed by atoms with E-state index >= 15 is 0 Å². The Morgan fingerprint density at radius 3 is 2.26 bits per heavy atom. The number of urea groups is 1. The van der Waals surface area contributed by atoms with Crippen LogP contribution in [0.3, 0.4) is 0 Å². The topological polar surface area (TPSA) is 92.3 Å². The van der Waals surface area contributed by atoms with Crippen molar-refractivity contribution < 1.29 is 18.0 Å². The summed E-state index contributed by atoms with van der Waals surface area (Å²) < 4.78 is 25.4. The first-order valence-electron chi connectivity index (χ1n) is 5.78. The second kappa shape index (κ2) is 6.33. The molecule has 0 fully saturated rings. The highest BCUT2D eigenvalue weighted by Crippen LogP contribution is 2.09. The van der Waals surface area contributed by atoms with Gasteiger partial charge in [0.05, 0.1) is 4.90 Å². The first-order valence-corrected chi connectivity index (χ1v) is 7.27. The molecule has 1 rings (SSSR count). The number of sulfonamides is 1. The highest BCUT2D eigenvalue weighted by atomic mass is 32.2. The molecule has 104 valence electrons. The van der Waals surface area contributed by atoms with Gasteiger partial charge in [-0.2, -0.15) is 0 Å². The maximum Gasteiger partial charge on any atom is 0.335 e. The third kappa shape index (κ3) is 4.70. The molecule has 2 N–H and O–H groups in total. The first kappa shape index (κ1) is 15.2.